The summed E-state index contributed by atoms with van der Waals surface area (Å²) in [5, 5.41) is 4.21. The lowest BCUT2D eigenvalue weighted by atomic mass is 9.90. The van der Waals surface area contributed by atoms with Crippen LogP contribution in [-0.4, -0.2) is 53.0 Å². The van der Waals surface area contributed by atoms with Gasteiger partial charge in [-0.2, -0.15) is 0 Å². The van der Waals surface area contributed by atoms with Gasteiger partial charge in [0.1, 0.15) is 11.9 Å². The zero-order chi connectivity index (χ0) is 23.2. The molecule has 3 aromatic rings. The Balaban J connectivity index is 1.47. The number of hydrogen-bond donors (Lipinski definition) is 0. The van der Waals surface area contributed by atoms with Crippen LogP contribution in [0.3, 0.4) is 0 Å². The van der Waals surface area contributed by atoms with Crippen LogP contribution in [0.5, 0.6) is 5.75 Å². The van der Waals surface area contributed by atoms with Crippen LogP contribution in [0.4, 0.5) is 0 Å². The summed E-state index contributed by atoms with van der Waals surface area (Å²) in [5.41, 5.74) is 1.06. The number of halogens is 1. The number of hydrogen-bond acceptors (Lipinski definition) is 5. The van der Waals surface area contributed by atoms with E-state index in [0.717, 1.165) is 5.56 Å². The van der Waals surface area contributed by atoms with Crippen molar-refractivity contribution in [3.05, 3.63) is 83.2 Å². The summed E-state index contributed by atoms with van der Waals surface area (Å²) in [6, 6.07) is 18.6. The molecule has 0 unspecified atom stereocenters. The molecule has 0 bridgehead atoms. The molecule has 0 saturated carbocycles. The predicted molar refractivity (Wildman–Crippen MR) is 124 cm³/mol. The smallest absolute Gasteiger partial charge is 0.292 e. The van der Waals surface area contributed by atoms with Gasteiger partial charge in [0.25, 0.3) is 5.91 Å². The highest BCUT2D eigenvalue weighted by molar-refractivity contribution is 6.30. The number of carbonyl (C=O) groups excluding carboxylic acids is 2. The van der Waals surface area contributed by atoms with Crippen LogP contribution in [0, 0.1) is 5.92 Å². The van der Waals surface area contributed by atoms with E-state index in [9.17, 15) is 9.59 Å². The van der Waals surface area contributed by atoms with Gasteiger partial charge >= 0.3 is 0 Å². The van der Waals surface area contributed by atoms with E-state index in [2.05, 4.69) is 5.16 Å². The van der Waals surface area contributed by atoms with E-state index in [1.54, 1.807) is 35.0 Å². The average molecular weight is 468 g/mol. The minimum Gasteiger partial charge on any atom is -0.490 e. The number of ether oxygens (including phenoxy) is 1. The summed E-state index contributed by atoms with van der Waals surface area (Å²) in [4.78, 5) is 29.3. The number of rotatable bonds is 7. The fraction of sp³-hybridized carbons (Fsp3) is 0.320. The Kier molecular flexibility index (Phi) is 7.29. The summed E-state index contributed by atoms with van der Waals surface area (Å²) in [6.45, 7) is 1.40. The second-order valence-corrected chi connectivity index (χ2v) is 8.67. The number of likely N-dealkylation sites (tertiary alicyclic amines) is 1. The molecule has 2 aromatic carbocycles. The zero-order valence-electron chi connectivity index (χ0n) is 18.4. The number of piperidine rings is 1. The molecular formula is C25H26ClN3O4. The lowest BCUT2D eigenvalue weighted by molar-refractivity contribution is -0.133. The van der Waals surface area contributed by atoms with Crippen molar-refractivity contribution >= 4 is 23.4 Å². The van der Waals surface area contributed by atoms with Gasteiger partial charge in [-0.3, -0.25) is 9.59 Å². The van der Waals surface area contributed by atoms with Crippen molar-refractivity contribution in [3.63, 3.8) is 0 Å². The molecule has 1 saturated heterocycles. The largest absolute Gasteiger partial charge is 0.490 e. The maximum absolute atomic E-state index is 13.1. The first-order valence-corrected chi connectivity index (χ1v) is 11.3. The van der Waals surface area contributed by atoms with E-state index < -0.39 is 0 Å². The Morgan fingerprint density at radius 1 is 1.18 bits per heavy atom. The van der Waals surface area contributed by atoms with Crippen molar-refractivity contribution in [1.82, 2.24) is 15.0 Å². The van der Waals surface area contributed by atoms with Crippen LogP contribution in [0.15, 0.2) is 71.4 Å². The van der Waals surface area contributed by atoms with Crippen LogP contribution in [0.2, 0.25) is 5.02 Å². The molecule has 0 spiro atoms. The molecular weight excluding hydrogens is 442 g/mol. The Labute approximate surface area is 197 Å². The molecule has 33 heavy (non-hydrogen) atoms. The van der Waals surface area contributed by atoms with Gasteiger partial charge in [0.15, 0.2) is 0 Å². The lowest BCUT2D eigenvalue weighted by Crippen LogP contribution is -2.49. The SMILES string of the molecule is CN(Cc1ccccc1)C(=O)C[C@H]1CN(C(=O)c2ccno2)CC[C@@H]1Oc1cccc(Cl)c1. The van der Waals surface area contributed by atoms with E-state index in [1.165, 1.54) is 6.20 Å². The van der Waals surface area contributed by atoms with Crippen LogP contribution in [-0.2, 0) is 11.3 Å². The van der Waals surface area contributed by atoms with Crippen molar-refractivity contribution in [2.75, 3.05) is 20.1 Å². The molecule has 1 fully saturated rings. The van der Waals surface area contributed by atoms with Crippen molar-refractivity contribution in [1.29, 1.82) is 0 Å². The normalized spacial score (nSPS) is 18.1. The van der Waals surface area contributed by atoms with E-state index in [4.69, 9.17) is 20.9 Å². The fourth-order valence-corrected chi connectivity index (χ4v) is 4.25. The van der Waals surface area contributed by atoms with Crippen molar-refractivity contribution in [2.24, 2.45) is 5.92 Å². The minimum absolute atomic E-state index is 0.00230. The summed E-state index contributed by atoms with van der Waals surface area (Å²) in [7, 11) is 1.79. The lowest BCUT2D eigenvalue weighted by Gasteiger charge is -2.38. The highest BCUT2D eigenvalue weighted by Gasteiger charge is 2.36. The number of aromatic nitrogens is 1. The van der Waals surface area contributed by atoms with E-state index in [1.807, 2.05) is 42.5 Å². The third-order valence-electron chi connectivity index (χ3n) is 5.81. The maximum atomic E-state index is 13.1. The van der Waals surface area contributed by atoms with Gasteiger partial charge in [-0.05, 0) is 23.8 Å². The molecule has 1 aliphatic heterocycles. The van der Waals surface area contributed by atoms with Crippen LogP contribution >= 0.6 is 11.6 Å². The second kappa shape index (κ2) is 10.5. The van der Waals surface area contributed by atoms with Gasteiger partial charge < -0.3 is 19.1 Å². The second-order valence-electron chi connectivity index (χ2n) is 8.23. The molecule has 0 N–H and O–H groups in total. The quantitative estimate of drug-likeness (QED) is 0.518. The monoisotopic (exact) mass is 467 g/mol. The molecule has 0 aliphatic carbocycles. The van der Waals surface area contributed by atoms with Crippen molar-refractivity contribution in [2.45, 2.75) is 25.5 Å². The van der Waals surface area contributed by atoms with Gasteiger partial charge in [-0.25, -0.2) is 0 Å². The predicted octanol–water partition coefficient (Wildman–Crippen LogP) is 4.29. The Morgan fingerprint density at radius 3 is 2.73 bits per heavy atom. The first kappa shape index (κ1) is 22.9. The highest BCUT2D eigenvalue weighted by atomic mass is 35.5. The third kappa shape index (κ3) is 5.93. The third-order valence-corrected chi connectivity index (χ3v) is 6.04. The van der Waals surface area contributed by atoms with Crippen LogP contribution in [0.1, 0.15) is 29.0 Å². The Bertz CT molecular complexity index is 1070. The molecule has 2 heterocycles. The van der Waals surface area contributed by atoms with Gasteiger partial charge in [0.05, 0.1) is 6.20 Å². The summed E-state index contributed by atoms with van der Waals surface area (Å²) in [5.74, 6) is 0.421. The standard InChI is InChI=1S/C25H26ClN3O4/c1-28(16-18-6-3-2-4-7-18)24(30)14-19-17-29(25(31)23-10-12-27-33-23)13-11-22(19)32-21-9-5-8-20(26)15-21/h2-10,12,15,19,22H,11,13-14,16-17H2,1H3/t19-,22-/m0/s1. The zero-order valence-corrected chi connectivity index (χ0v) is 19.1. The summed E-state index contributed by atoms with van der Waals surface area (Å²) >= 11 is 6.11. The van der Waals surface area contributed by atoms with E-state index in [0.29, 0.717) is 36.8 Å². The Hall–Kier alpha value is -3.32. The van der Waals surface area contributed by atoms with Gasteiger partial charge in [-0.15, -0.1) is 0 Å². The summed E-state index contributed by atoms with van der Waals surface area (Å²) in [6.07, 6.45) is 2.07. The van der Waals surface area contributed by atoms with Crippen LogP contribution in [0.25, 0.3) is 0 Å². The number of amides is 2. The molecule has 1 aliphatic rings. The molecule has 0 radical (unpaired) electrons. The molecule has 4 rings (SSSR count). The molecule has 2 amide bonds. The molecule has 2 atom stereocenters. The average Bonchev–Trinajstić information content (AvgIpc) is 3.35. The first-order valence-electron chi connectivity index (χ1n) is 10.9. The van der Waals surface area contributed by atoms with Crippen LogP contribution < -0.4 is 4.74 Å². The summed E-state index contributed by atoms with van der Waals surface area (Å²) < 4.78 is 11.3. The van der Waals surface area contributed by atoms with Gasteiger partial charge in [0.2, 0.25) is 11.7 Å². The molecule has 7 nitrogen and oxygen atoms in total. The maximum Gasteiger partial charge on any atom is 0.292 e. The van der Waals surface area contributed by atoms with E-state index >= 15 is 0 Å². The fourth-order valence-electron chi connectivity index (χ4n) is 4.07. The van der Waals surface area contributed by atoms with E-state index in [-0.39, 0.29) is 36.0 Å². The number of benzene rings is 2. The molecule has 172 valence electrons. The number of nitrogens with zero attached hydrogens (tertiary/aromatic N) is 3. The first-order chi connectivity index (χ1) is 16.0. The number of carbonyl (C=O) groups is 2. The minimum atomic E-state index is -0.233. The Morgan fingerprint density at radius 2 is 2.00 bits per heavy atom. The topological polar surface area (TPSA) is 75.9 Å². The highest BCUT2D eigenvalue weighted by Crippen LogP contribution is 2.28. The van der Waals surface area contributed by atoms with Crippen molar-refractivity contribution < 1.29 is 18.8 Å². The van der Waals surface area contributed by atoms with Gasteiger partial charge in [-0.1, -0.05) is 53.2 Å². The molecule has 8 heteroatoms. The van der Waals surface area contributed by atoms with Crippen molar-refractivity contribution in [3.8, 4) is 5.75 Å². The van der Waals surface area contributed by atoms with Gasteiger partial charge in [0, 0.05) is 56.5 Å². The molecule has 1 aromatic heterocycles.